The van der Waals surface area contributed by atoms with E-state index >= 15 is 0 Å². The van der Waals surface area contributed by atoms with Gasteiger partial charge in [0, 0.05) is 22.8 Å². The van der Waals surface area contributed by atoms with Crippen LogP contribution in [0.2, 0.25) is 0 Å². The van der Waals surface area contributed by atoms with Crippen LogP contribution in [0.3, 0.4) is 0 Å². The first-order chi connectivity index (χ1) is 5.51. The zero-order valence-electron chi connectivity index (χ0n) is 5.56. The van der Waals surface area contributed by atoms with Gasteiger partial charge >= 0.3 is 5.51 Å². The number of thiazole rings is 1. The Morgan fingerprint density at radius 3 is 2.67 bits per heavy atom. The highest BCUT2D eigenvalue weighted by atomic mass is 35.5. The van der Waals surface area contributed by atoms with Crippen LogP contribution in [0.25, 0.3) is 0 Å². The molecule has 0 atom stereocenters. The summed E-state index contributed by atoms with van der Waals surface area (Å²) in [6, 6.07) is 0. The predicted molar refractivity (Wildman–Crippen MR) is 43.6 cm³/mol. The van der Waals surface area contributed by atoms with Gasteiger partial charge in [0.15, 0.2) is 4.34 Å². The number of nitrogens with zero attached hydrogens (tertiary/aromatic N) is 1. The molecule has 0 radical (unpaired) electrons. The smallest absolute Gasteiger partial charge is 0.237 e. The van der Waals surface area contributed by atoms with Crippen LogP contribution >= 0.6 is 34.7 Å². The largest absolute Gasteiger partial charge is 0.448 e. The van der Waals surface area contributed by atoms with Gasteiger partial charge < -0.3 is 0 Å². The van der Waals surface area contributed by atoms with Crippen LogP contribution in [-0.2, 0) is 5.88 Å². The van der Waals surface area contributed by atoms with Gasteiger partial charge in [-0.3, -0.25) is 0 Å². The number of hydrogen-bond donors (Lipinski definition) is 0. The van der Waals surface area contributed by atoms with E-state index in [9.17, 15) is 13.2 Å². The molecule has 0 aliphatic heterocycles. The van der Waals surface area contributed by atoms with Crippen LogP contribution in [0.15, 0.2) is 10.5 Å². The molecule has 0 fully saturated rings. The number of rotatable bonds is 2. The molecule has 1 aromatic heterocycles. The molecule has 0 saturated heterocycles. The Hall–Kier alpha value is 0.0600. The molecule has 7 heteroatoms. The second kappa shape index (κ2) is 3.85. The summed E-state index contributed by atoms with van der Waals surface area (Å²) in [7, 11) is 0. The highest BCUT2D eigenvalue weighted by molar-refractivity contribution is 8.01. The van der Waals surface area contributed by atoms with E-state index in [1.54, 1.807) is 0 Å². The van der Waals surface area contributed by atoms with Gasteiger partial charge in [-0.25, -0.2) is 4.98 Å². The van der Waals surface area contributed by atoms with E-state index in [4.69, 9.17) is 11.6 Å². The van der Waals surface area contributed by atoms with Gasteiger partial charge in [0.05, 0.1) is 5.88 Å². The zero-order valence-corrected chi connectivity index (χ0v) is 7.95. The van der Waals surface area contributed by atoms with Crippen molar-refractivity contribution >= 4 is 34.7 Å². The Labute approximate surface area is 79.9 Å². The molecule has 0 spiro atoms. The third kappa shape index (κ3) is 3.20. The minimum absolute atomic E-state index is 0.0156. The van der Waals surface area contributed by atoms with Gasteiger partial charge in [0.25, 0.3) is 0 Å². The van der Waals surface area contributed by atoms with Crippen molar-refractivity contribution in [3.8, 4) is 0 Å². The van der Waals surface area contributed by atoms with Crippen molar-refractivity contribution in [3.63, 3.8) is 0 Å². The number of thioether (sulfide) groups is 1. The normalized spacial score (nSPS) is 12.0. The molecule has 0 saturated carbocycles. The molecule has 0 N–H and O–H groups in total. The fourth-order valence-electron chi connectivity index (χ4n) is 0.498. The third-order valence-corrected chi connectivity index (χ3v) is 3.12. The lowest BCUT2D eigenvalue weighted by atomic mass is 10.6. The molecular weight excluding hydrogens is 231 g/mol. The van der Waals surface area contributed by atoms with Crippen molar-refractivity contribution < 1.29 is 13.2 Å². The standard InChI is InChI=1S/C5H3ClF3NS2/c6-1-3-2-10-4(11-3)12-5(7,8)9/h2H,1H2. The molecule has 68 valence electrons. The highest BCUT2D eigenvalue weighted by Crippen LogP contribution is 2.38. The first kappa shape index (κ1) is 10.1. The van der Waals surface area contributed by atoms with Crippen molar-refractivity contribution in [3.05, 3.63) is 11.1 Å². The van der Waals surface area contributed by atoms with Crippen LogP contribution in [0.4, 0.5) is 13.2 Å². The fourth-order valence-corrected chi connectivity index (χ4v) is 2.29. The van der Waals surface area contributed by atoms with Gasteiger partial charge in [-0.15, -0.1) is 22.9 Å². The lowest BCUT2D eigenvalue weighted by Crippen LogP contribution is -1.98. The minimum atomic E-state index is -4.26. The lowest BCUT2D eigenvalue weighted by Gasteiger charge is -1.99. The van der Waals surface area contributed by atoms with E-state index in [2.05, 4.69) is 4.98 Å². The molecule has 1 rings (SSSR count). The lowest BCUT2D eigenvalue weighted by molar-refractivity contribution is -0.0328. The summed E-state index contributed by atoms with van der Waals surface area (Å²) in [5, 5.41) is 0. The molecule has 1 heterocycles. The van der Waals surface area contributed by atoms with Crippen LogP contribution in [0.5, 0.6) is 0 Å². The predicted octanol–water partition coefficient (Wildman–Crippen LogP) is 3.49. The van der Waals surface area contributed by atoms with Crippen LogP contribution < -0.4 is 0 Å². The second-order valence-corrected chi connectivity index (χ2v) is 4.47. The number of halogens is 4. The second-order valence-electron chi connectivity index (χ2n) is 1.77. The molecule has 0 bridgehead atoms. The van der Waals surface area contributed by atoms with E-state index in [1.165, 1.54) is 6.20 Å². The molecule has 0 unspecified atom stereocenters. The van der Waals surface area contributed by atoms with Gasteiger partial charge in [0.2, 0.25) is 0 Å². The van der Waals surface area contributed by atoms with Crippen LogP contribution in [-0.4, -0.2) is 10.5 Å². The average molecular weight is 234 g/mol. The zero-order chi connectivity index (χ0) is 9.19. The van der Waals surface area contributed by atoms with Gasteiger partial charge in [-0.05, 0) is 0 Å². The molecule has 0 aliphatic rings. The summed E-state index contributed by atoms with van der Waals surface area (Å²) in [5.41, 5.74) is -4.26. The summed E-state index contributed by atoms with van der Waals surface area (Å²) in [6.45, 7) is 0. The van der Waals surface area contributed by atoms with E-state index < -0.39 is 5.51 Å². The van der Waals surface area contributed by atoms with Crippen molar-refractivity contribution in [2.75, 3.05) is 0 Å². The van der Waals surface area contributed by atoms with Crippen molar-refractivity contribution in [1.29, 1.82) is 0 Å². The number of aromatic nitrogens is 1. The molecular formula is C5H3ClF3NS2. The van der Waals surface area contributed by atoms with E-state index in [1.807, 2.05) is 0 Å². The fraction of sp³-hybridized carbons (Fsp3) is 0.400. The molecule has 1 nitrogen and oxygen atoms in total. The van der Waals surface area contributed by atoms with Crippen LogP contribution in [0, 0.1) is 0 Å². The summed E-state index contributed by atoms with van der Waals surface area (Å²) < 4.78 is 35.2. The maximum absolute atomic E-state index is 11.8. The molecule has 1 aromatic rings. The van der Waals surface area contributed by atoms with E-state index in [0.717, 1.165) is 11.3 Å². The van der Waals surface area contributed by atoms with Crippen molar-refractivity contribution in [2.24, 2.45) is 0 Å². The SMILES string of the molecule is FC(F)(F)Sc1ncc(CCl)s1. The quantitative estimate of drug-likeness (QED) is 0.573. The van der Waals surface area contributed by atoms with Crippen LogP contribution in [0.1, 0.15) is 4.88 Å². The Morgan fingerprint density at radius 1 is 1.58 bits per heavy atom. The first-order valence-corrected chi connectivity index (χ1v) is 4.94. The summed E-state index contributed by atoms with van der Waals surface area (Å²) in [6.07, 6.45) is 1.35. The monoisotopic (exact) mass is 233 g/mol. The maximum Gasteiger partial charge on any atom is 0.448 e. The third-order valence-electron chi connectivity index (χ3n) is 0.867. The Morgan fingerprint density at radius 2 is 2.25 bits per heavy atom. The number of alkyl halides is 4. The highest BCUT2D eigenvalue weighted by Gasteiger charge is 2.30. The summed E-state index contributed by atoms with van der Waals surface area (Å²) >= 11 is 6.14. The summed E-state index contributed by atoms with van der Waals surface area (Å²) in [4.78, 5) is 4.19. The van der Waals surface area contributed by atoms with Crippen molar-refractivity contribution in [2.45, 2.75) is 15.7 Å². The van der Waals surface area contributed by atoms with E-state index in [0.29, 0.717) is 4.88 Å². The van der Waals surface area contributed by atoms with Gasteiger partial charge in [0.1, 0.15) is 0 Å². The van der Waals surface area contributed by atoms with Gasteiger partial charge in [-0.2, -0.15) is 13.2 Å². The molecule has 0 aromatic carbocycles. The Bertz CT molecular complexity index is 259. The number of hydrogen-bond acceptors (Lipinski definition) is 3. The Balaban J connectivity index is 2.64. The molecule has 0 amide bonds. The average Bonchev–Trinajstić information content (AvgIpc) is 2.32. The molecule has 12 heavy (non-hydrogen) atoms. The topological polar surface area (TPSA) is 12.9 Å². The Kier molecular flexibility index (Phi) is 3.25. The minimum Gasteiger partial charge on any atom is -0.237 e. The first-order valence-electron chi connectivity index (χ1n) is 2.77. The summed E-state index contributed by atoms with van der Waals surface area (Å²) in [5.74, 6) is 0.204. The maximum atomic E-state index is 11.8. The van der Waals surface area contributed by atoms with Gasteiger partial charge in [-0.1, -0.05) is 0 Å². The molecule has 0 aliphatic carbocycles. The van der Waals surface area contributed by atoms with E-state index in [-0.39, 0.29) is 22.0 Å². The van der Waals surface area contributed by atoms with Crippen molar-refractivity contribution in [1.82, 2.24) is 4.98 Å².